The number of urea groups is 1. The zero-order chi connectivity index (χ0) is 16.8. The molecule has 0 aromatic heterocycles. The first-order chi connectivity index (χ1) is 11.0. The first kappa shape index (κ1) is 17.6. The minimum Gasteiger partial charge on any atom is -0.462 e. The lowest BCUT2D eigenvalue weighted by Crippen LogP contribution is -2.46. The van der Waals surface area contributed by atoms with Crippen molar-refractivity contribution < 1.29 is 19.4 Å². The largest absolute Gasteiger partial charge is 0.462 e. The van der Waals surface area contributed by atoms with Crippen molar-refractivity contribution in [1.29, 1.82) is 0 Å². The number of aliphatic hydroxyl groups excluding tert-OH is 1. The number of hydrogen-bond donors (Lipinski definition) is 3. The molecule has 0 bridgehead atoms. The van der Waals surface area contributed by atoms with Gasteiger partial charge in [0.15, 0.2) is 0 Å². The summed E-state index contributed by atoms with van der Waals surface area (Å²) in [5.41, 5.74) is 0.629. The van der Waals surface area contributed by atoms with Crippen LogP contribution in [0, 0.1) is 0 Å². The SMILES string of the molecule is CCOC(=O)c1cc(NC(=O)NC2CCCCC2O)ccc1Cl. The summed E-state index contributed by atoms with van der Waals surface area (Å²) in [6, 6.07) is 3.92. The van der Waals surface area contributed by atoms with E-state index in [0.29, 0.717) is 12.1 Å². The number of rotatable bonds is 4. The number of carbonyl (C=O) groups is 2. The van der Waals surface area contributed by atoms with Gasteiger partial charge in [-0.25, -0.2) is 9.59 Å². The second kappa shape index (κ2) is 8.17. The third-order valence-electron chi connectivity index (χ3n) is 3.77. The highest BCUT2D eigenvalue weighted by Crippen LogP contribution is 2.22. The van der Waals surface area contributed by atoms with Crippen LogP contribution in [0.3, 0.4) is 0 Å². The number of hydrogen-bond acceptors (Lipinski definition) is 4. The Bertz CT molecular complexity index is 579. The Morgan fingerprint density at radius 3 is 2.78 bits per heavy atom. The fourth-order valence-electron chi connectivity index (χ4n) is 2.58. The molecule has 0 heterocycles. The molecule has 1 aromatic rings. The van der Waals surface area contributed by atoms with Gasteiger partial charge in [0, 0.05) is 5.69 Å². The highest BCUT2D eigenvalue weighted by molar-refractivity contribution is 6.33. The molecule has 0 saturated heterocycles. The first-order valence-electron chi connectivity index (χ1n) is 7.73. The van der Waals surface area contributed by atoms with Crippen molar-refractivity contribution in [2.45, 2.75) is 44.8 Å². The van der Waals surface area contributed by atoms with Gasteiger partial charge in [-0.3, -0.25) is 0 Å². The maximum Gasteiger partial charge on any atom is 0.339 e. The minimum atomic E-state index is -0.538. The highest BCUT2D eigenvalue weighted by atomic mass is 35.5. The van der Waals surface area contributed by atoms with Crippen LogP contribution in [0.25, 0.3) is 0 Å². The lowest BCUT2D eigenvalue weighted by atomic mass is 9.93. The van der Waals surface area contributed by atoms with Gasteiger partial charge in [-0.2, -0.15) is 0 Å². The molecule has 126 valence electrons. The van der Waals surface area contributed by atoms with E-state index in [-0.39, 0.29) is 23.2 Å². The van der Waals surface area contributed by atoms with Crippen molar-refractivity contribution in [2.24, 2.45) is 0 Å². The van der Waals surface area contributed by atoms with Crippen LogP contribution in [-0.4, -0.2) is 35.9 Å². The summed E-state index contributed by atoms with van der Waals surface area (Å²) in [4.78, 5) is 23.8. The predicted molar refractivity (Wildman–Crippen MR) is 87.8 cm³/mol. The maximum atomic E-state index is 12.0. The normalized spacial score (nSPS) is 20.7. The Morgan fingerprint density at radius 2 is 2.09 bits per heavy atom. The molecule has 1 aliphatic carbocycles. The second-order valence-corrected chi connectivity index (χ2v) is 5.88. The smallest absolute Gasteiger partial charge is 0.339 e. The highest BCUT2D eigenvalue weighted by Gasteiger charge is 2.24. The Kier molecular flexibility index (Phi) is 6.24. The van der Waals surface area contributed by atoms with Crippen LogP contribution in [0.1, 0.15) is 43.0 Å². The number of esters is 1. The van der Waals surface area contributed by atoms with Gasteiger partial charge in [0.2, 0.25) is 0 Å². The molecular weight excluding hydrogens is 320 g/mol. The molecule has 1 fully saturated rings. The van der Waals surface area contributed by atoms with Crippen LogP contribution >= 0.6 is 11.6 Å². The fourth-order valence-corrected chi connectivity index (χ4v) is 2.78. The third-order valence-corrected chi connectivity index (χ3v) is 4.10. The van der Waals surface area contributed by atoms with E-state index in [1.54, 1.807) is 13.0 Å². The van der Waals surface area contributed by atoms with E-state index < -0.39 is 18.1 Å². The van der Waals surface area contributed by atoms with Crippen molar-refractivity contribution in [2.75, 3.05) is 11.9 Å². The fraction of sp³-hybridized carbons (Fsp3) is 0.500. The van der Waals surface area contributed by atoms with Crippen molar-refractivity contribution in [3.05, 3.63) is 28.8 Å². The second-order valence-electron chi connectivity index (χ2n) is 5.47. The molecule has 2 amide bonds. The van der Waals surface area contributed by atoms with Crippen LogP contribution in [0.4, 0.5) is 10.5 Å². The molecule has 1 saturated carbocycles. The van der Waals surface area contributed by atoms with Crippen LogP contribution in [-0.2, 0) is 4.74 Å². The summed E-state index contributed by atoms with van der Waals surface area (Å²) in [5.74, 6) is -0.538. The zero-order valence-corrected chi connectivity index (χ0v) is 13.7. The summed E-state index contributed by atoms with van der Waals surface area (Å²) in [5, 5.41) is 15.5. The Hall–Kier alpha value is -1.79. The van der Waals surface area contributed by atoms with Crippen molar-refractivity contribution in [3.8, 4) is 0 Å². The Labute approximate surface area is 140 Å². The van der Waals surface area contributed by atoms with E-state index in [0.717, 1.165) is 19.3 Å². The molecule has 2 unspecified atom stereocenters. The monoisotopic (exact) mass is 340 g/mol. The lowest BCUT2D eigenvalue weighted by Gasteiger charge is -2.28. The number of benzene rings is 1. The zero-order valence-electron chi connectivity index (χ0n) is 13.0. The number of carbonyl (C=O) groups excluding carboxylic acids is 2. The van der Waals surface area contributed by atoms with E-state index in [9.17, 15) is 14.7 Å². The molecule has 0 spiro atoms. The summed E-state index contributed by atoms with van der Waals surface area (Å²) >= 11 is 5.98. The lowest BCUT2D eigenvalue weighted by molar-refractivity contribution is 0.0526. The predicted octanol–water partition coefficient (Wildman–Crippen LogP) is 2.94. The molecule has 23 heavy (non-hydrogen) atoms. The topological polar surface area (TPSA) is 87.7 Å². The van der Waals surface area contributed by atoms with Crippen LogP contribution < -0.4 is 10.6 Å². The van der Waals surface area contributed by atoms with E-state index >= 15 is 0 Å². The Balaban J connectivity index is 2.00. The molecule has 1 aliphatic rings. The van der Waals surface area contributed by atoms with Gasteiger partial charge in [-0.15, -0.1) is 0 Å². The Morgan fingerprint density at radius 1 is 1.35 bits per heavy atom. The average Bonchev–Trinajstić information content (AvgIpc) is 2.51. The summed E-state index contributed by atoms with van der Waals surface area (Å²) in [6.07, 6.45) is 2.88. The molecule has 2 atom stereocenters. The first-order valence-corrected chi connectivity index (χ1v) is 8.11. The summed E-state index contributed by atoms with van der Waals surface area (Å²) < 4.78 is 4.92. The summed E-state index contributed by atoms with van der Waals surface area (Å²) in [7, 11) is 0. The van der Waals surface area contributed by atoms with Crippen molar-refractivity contribution >= 4 is 29.3 Å². The van der Waals surface area contributed by atoms with Gasteiger partial charge in [0.05, 0.1) is 29.3 Å². The van der Waals surface area contributed by atoms with Gasteiger partial charge in [0.1, 0.15) is 0 Å². The number of ether oxygens (including phenoxy) is 1. The summed E-state index contributed by atoms with van der Waals surface area (Å²) in [6.45, 7) is 1.95. The van der Waals surface area contributed by atoms with Crippen LogP contribution in [0.5, 0.6) is 0 Å². The van der Waals surface area contributed by atoms with Gasteiger partial charge >= 0.3 is 12.0 Å². The van der Waals surface area contributed by atoms with Gasteiger partial charge < -0.3 is 20.5 Å². The quantitative estimate of drug-likeness (QED) is 0.735. The molecule has 0 radical (unpaired) electrons. The minimum absolute atomic E-state index is 0.198. The van der Waals surface area contributed by atoms with Gasteiger partial charge in [-0.05, 0) is 38.0 Å². The van der Waals surface area contributed by atoms with Crippen molar-refractivity contribution in [3.63, 3.8) is 0 Å². The number of nitrogens with one attached hydrogen (secondary N) is 2. The van der Waals surface area contributed by atoms with Crippen LogP contribution in [0.15, 0.2) is 18.2 Å². The van der Waals surface area contributed by atoms with E-state index in [1.807, 2.05) is 0 Å². The number of anilines is 1. The molecule has 3 N–H and O–H groups in total. The van der Waals surface area contributed by atoms with E-state index in [1.165, 1.54) is 12.1 Å². The molecule has 1 aromatic carbocycles. The maximum absolute atomic E-state index is 12.0. The van der Waals surface area contributed by atoms with Gasteiger partial charge in [0.25, 0.3) is 0 Å². The number of amides is 2. The molecule has 2 rings (SSSR count). The van der Waals surface area contributed by atoms with E-state index in [4.69, 9.17) is 16.3 Å². The molecular formula is C16H21ClN2O4. The number of aliphatic hydroxyl groups is 1. The average molecular weight is 341 g/mol. The van der Waals surface area contributed by atoms with Crippen LogP contribution in [0.2, 0.25) is 5.02 Å². The van der Waals surface area contributed by atoms with E-state index in [2.05, 4.69) is 10.6 Å². The standard InChI is InChI=1S/C16H21ClN2O4/c1-2-23-15(21)11-9-10(7-8-12(11)17)18-16(22)19-13-5-3-4-6-14(13)20/h7-9,13-14,20H,2-6H2,1H3,(H2,18,19,22). The molecule has 6 nitrogen and oxygen atoms in total. The third kappa shape index (κ3) is 4.84. The van der Waals surface area contributed by atoms with Gasteiger partial charge in [-0.1, -0.05) is 24.4 Å². The number of halogens is 1. The molecule has 7 heteroatoms. The molecule has 0 aliphatic heterocycles. The van der Waals surface area contributed by atoms with Crippen molar-refractivity contribution in [1.82, 2.24) is 5.32 Å².